The first-order chi connectivity index (χ1) is 11.8. The molecule has 0 aliphatic carbocycles. The van der Waals surface area contributed by atoms with Gasteiger partial charge in [0.1, 0.15) is 0 Å². The van der Waals surface area contributed by atoms with Crippen LogP contribution in [0, 0.1) is 40.9 Å². The largest absolute Gasteiger partial charge is 0.297 e. The Morgan fingerprint density at radius 1 is 0.760 bits per heavy atom. The van der Waals surface area contributed by atoms with Crippen molar-refractivity contribution < 1.29 is 26.9 Å². The van der Waals surface area contributed by atoms with Gasteiger partial charge in [-0.05, 0) is 25.7 Å². The van der Waals surface area contributed by atoms with Gasteiger partial charge in [-0.15, -0.1) is 0 Å². The lowest BCUT2D eigenvalue weighted by Crippen LogP contribution is -3.08. The Bertz CT molecular complexity index is 532. The van der Waals surface area contributed by atoms with E-state index in [9.17, 15) is 22.0 Å². The van der Waals surface area contributed by atoms with Gasteiger partial charge < -0.3 is 0 Å². The Morgan fingerprint density at radius 2 is 1.28 bits per heavy atom. The zero-order valence-corrected chi connectivity index (χ0v) is 15.5. The van der Waals surface area contributed by atoms with Gasteiger partial charge in [-0.3, -0.25) is 4.90 Å². The van der Waals surface area contributed by atoms with Crippen LogP contribution in [0.1, 0.15) is 59.8 Å². The molecule has 0 aliphatic heterocycles. The molecule has 3 unspecified atom stereocenters. The Kier molecular flexibility index (Phi) is 8.83. The molecule has 1 aromatic rings. The minimum atomic E-state index is -2.10. The first-order valence-electron chi connectivity index (χ1n) is 9.14. The molecule has 0 aliphatic rings. The monoisotopic (exact) mass is 366 g/mol. The molecule has 1 N–H and O–H groups in total. The van der Waals surface area contributed by atoms with E-state index in [1.165, 1.54) is 0 Å². The van der Waals surface area contributed by atoms with E-state index in [1.54, 1.807) is 6.92 Å². The highest BCUT2D eigenvalue weighted by Crippen LogP contribution is 2.25. The fourth-order valence-electron chi connectivity index (χ4n) is 3.34. The number of nitrogens with one attached hydrogen (secondary N) is 1. The van der Waals surface area contributed by atoms with Crippen molar-refractivity contribution in [1.29, 1.82) is 0 Å². The summed E-state index contributed by atoms with van der Waals surface area (Å²) in [6.45, 7) is 8.49. The molecule has 0 saturated carbocycles. The molecule has 144 valence electrons. The van der Waals surface area contributed by atoms with Gasteiger partial charge in [0.2, 0.25) is 34.8 Å². The fraction of sp³-hybridized carbons (Fsp3) is 0.684. The van der Waals surface area contributed by atoms with E-state index in [0.717, 1.165) is 32.1 Å². The minimum Gasteiger partial charge on any atom is -0.297 e. The van der Waals surface area contributed by atoms with Crippen LogP contribution >= 0.6 is 0 Å². The van der Waals surface area contributed by atoms with Crippen LogP contribution in [0.4, 0.5) is 27.6 Å². The van der Waals surface area contributed by atoms with Gasteiger partial charge in [-0.1, -0.05) is 40.0 Å². The maximum atomic E-state index is 14.0. The predicted octanol–water partition coefficient (Wildman–Crippen LogP) is 5.16. The number of halogens is 5. The standard InChI is InChI=1S/C19H28F5N/c1-5-8-13(6-2)10-9-12(4)11-25(7-3)19-17(23)15(21)14(20)16(22)18(19)24/h12-13H,5-11H2,1-4H3/p+1. The molecule has 0 fully saturated rings. The lowest BCUT2D eigenvalue weighted by atomic mass is 9.91. The van der Waals surface area contributed by atoms with Crippen LogP contribution in [0.25, 0.3) is 0 Å². The summed E-state index contributed by atoms with van der Waals surface area (Å²) in [7, 11) is 0. The van der Waals surface area contributed by atoms with Crippen LogP contribution in [0.15, 0.2) is 0 Å². The molecule has 0 heterocycles. The molecule has 6 heteroatoms. The molecule has 0 aromatic heterocycles. The van der Waals surface area contributed by atoms with E-state index in [1.807, 2.05) is 6.92 Å². The first kappa shape index (κ1) is 21.9. The van der Waals surface area contributed by atoms with Crippen LogP contribution in [0.5, 0.6) is 0 Å². The summed E-state index contributed by atoms with van der Waals surface area (Å²) in [6.07, 6.45) is 5.23. The summed E-state index contributed by atoms with van der Waals surface area (Å²) in [5.74, 6) is -8.56. The summed E-state index contributed by atoms with van der Waals surface area (Å²) in [4.78, 5) is 0.281. The number of hydrogen-bond donors (Lipinski definition) is 1. The summed E-state index contributed by atoms with van der Waals surface area (Å²) < 4.78 is 68.1. The molecule has 1 nitrogen and oxygen atoms in total. The summed E-state index contributed by atoms with van der Waals surface area (Å²) in [5, 5.41) is 0. The van der Waals surface area contributed by atoms with Gasteiger partial charge in [0.15, 0.2) is 0 Å². The van der Waals surface area contributed by atoms with Gasteiger partial charge in [0, 0.05) is 5.92 Å². The Hall–Kier alpha value is -1.17. The maximum absolute atomic E-state index is 14.0. The van der Waals surface area contributed by atoms with Crippen molar-refractivity contribution in [3.8, 4) is 0 Å². The zero-order valence-electron chi connectivity index (χ0n) is 15.5. The van der Waals surface area contributed by atoms with Crippen LogP contribution in [-0.4, -0.2) is 13.1 Å². The molecule has 1 aromatic carbocycles. The van der Waals surface area contributed by atoms with Crippen molar-refractivity contribution in [2.75, 3.05) is 13.1 Å². The van der Waals surface area contributed by atoms with Gasteiger partial charge in [0.25, 0.3) is 0 Å². The molecule has 1 rings (SSSR count). The third kappa shape index (κ3) is 5.40. The van der Waals surface area contributed by atoms with Crippen molar-refractivity contribution in [3.63, 3.8) is 0 Å². The molecular formula is C19H29F5N+. The van der Waals surface area contributed by atoms with Crippen LogP contribution < -0.4 is 4.90 Å². The highest BCUT2D eigenvalue weighted by Gasteiger charge is 2.32. The van der Waals surface area contributed by atoms with Crippen molar-refractivity contribution in [2.24, 2.45) is 11.8 Å². The highest BCUT2D eigenvalue weighted by atomic mass is 19.2. The number of benzene rings is 1. The fourth-order valence-corrected chi connectivity index (χ4v) is 3.34. The second-order valence-corrected chi connectivity index (χ2v) is 6.85. The Morgan fingerprint density at radius 3 is 1.72 bits per heavy atom. The van der Waals surface area contributed by atoms with E-state index in [2.05, 4.69) is 13.8 Å². The average molecular weight is 366 g/mol. The summed E-state index contributed by atoms with van der Waals surface area (Å²) >= 11 is 0. The minimum absolute atomic E-state index is 0.121. The molecule has 0 bridgehead atoms. The second-order valence-electron chi connectivity index (χ2n) is 6.85. The van der Waals surface area contributed by atoms with E-state index in [4.69, 9.17) is 0 Å². The summed E-state index contributed by atoms with van der Waals surface area (Å²) in [6, 6.07) is 0. The van der Waals surface area contributed by atoms with Crippen LogP contribution in [0.2, 0.25) is 0 Å². The molecule has 0 amide bonds. The molecule has 0 radical (unpaired) electrons. The van der Waals surface area contributed by atoms with Crippen molar-refractivity contribution >= 4 is 5.69 Å². The van der Waals surface area contributed by atoms with Crippen LogP contribution in [0.3, 0.4) is 0 Å². The number of rotatable bonds is 10. The number of quaternary nitrogens is 1. The predicted molar refractivity (Wildman–Crippen MR) is 89.3 cm³/mol. The molecule has 3 atom stereocenters. The molecule has 0 spiro atoms. The number of hydrogen-bond acceptors (Lipinski definition) is 0. The normalized spacial score (nSPS) is 15.2. The van der Waals surface area contributed by atoms with E-state index in [0.29, 0.717) is 12.5 Å². The highest BCUT2D eigenvalue weighted by molar-refractivity contribution is 5.35. The average Bonchev–Trinajstić information content (AvgIpc) is 2.60. The lowest BCUT2D eigenvalue weighted by molar-refractivity contribution is -0.837. The Balaban J connectivity index is 2.90. The lowest BCUT2D eigenvalue weighted by Gasteiger charge is -2.23. The van der Waals surface area contributed by atoms with E-state index in [-0.39, 0.29) is 17.4 Å². The van der Waals surface area contributed by atoms with Gasteiger partial charge in [-0.25, -0.2) is 13.2 Å². The van der Waals surface area contributed by atoms with E-state index < -0.39 is 34.8 Å². The molecule has 25 heavy (non-hydrogen) atoms. The van der Waals surface area contributed by atoms with Gasteiger partial charge >= 0.3 is 0 Å². The smallest absolute Gasteiger partial charge is 0.225 e. The van der Waals surface area contributed by atoms with Crippen LogP contribution in [-0.2, 0) is 0 Å². The van der Waals surface area contributed by atoms with Crippen molar-refractivity contribution in [1.82, 2.24) is 0 Å². The Labute approximate surface area is 147 Å². The van der Waals surface area contributed by atoms with Gasteiger partial charge in [0.05, 0.1) is 13.1 Å². The topological polar surface area (TPSA) is 4.44 Å². The summed E-state index contributed by atoms with van der Waals surface area (Å²) in [5.41, 5.74) is -0.744. The third-order valence-electron chi connectivity index (χ3n) is 4.93. The van der Waals surface area contributed by atoms with E-state index >= 15 is 0 Å². The quantitative estimate of drug-likeness (QED) is 0.331. The molecule has 0 saturated heterocycles. The second kappa shape index (κ2) is 10.1. The van der Waals surface area contributed by atoms with Crippen molar-refractivity contribution in [2.45, 2.75) is 59.8 Å². The SMILES string of the molecule is CCCC(CC)CCC(C)C[NH+](CC)c1c(F)c(F)c(F)c(F)c1F. The first-order valence-corrected chi connectivity index (χ1v) is 9.14. The van der Waals surface area contributed by atoms with Crippen molar-refractivity contribution in [3.05, 3.63) is 29.1 Å². The third-order valence-corrected chi connectivity index (χ3v) is 4.93. The molecular weight excluding hydrogens is 337 g/mol. The zero-order chi connectivity index (χ0) is 19.1. The van der Waals surface area contributed by atoms with Gasteiger partial charge in [-0.2, -0.15) is 8.78 Å². The maximum Gasteiger partial charge on any atom is 0.225 e.